The smallest absolute Gasteiger partial charge is 0.329 e. The van der Waals surface area contributed by atoms with Gasteiger partial charge in [0.2, 0.25) is 5.91 Å². The molecule has 1 aliphatic carbocycles. The molecular weight excluding hydrogens is 444 g/mol. The highest BCUT2D eigenvalue weighted by molar-refractivity contribution is 6.22. The summed E-state index contributed by atoms with van der Waals surface area (Å²) in [5.74, 6) is 1.32. The number of methoxy groups -OCH3 is 1. The van der Waals surface area contributed by atoms with Gasteiger partial charge in [-0.25, -0.2) is 9.69 Å². The van der Waals surface area contributed by atoms with Gasteiger partial charge in [-0.05, 0) is 74.8 Å². The molecule has 8 nitrogen and oxygen atoms in total. The number of piperidine rings is 3. The zero-order chi connectivity index (χ0) is 24.1. The molecule has 4 saturated heterocycles. The average Bonchev–Trinajstić information content (AvgIpc) is 3.16. The normalized spacial score (nSPS) is 32.5. The second-order valence-corrected chi connectivity index (χ2v) is 10.7. The van der Waals surface area contributed by atoms with E-state index in [1.807, 2.05) is 4.90 Å². The van der Waals surface area contributed by atoms with Gasteiger partial charge in [0.15, 0.2) is 0 Å². The molecule has 4 amide bonds. The Labute approximate surface area is 206 Å². The van der Waals surface area contributed by atoms with E-state index in [9.17, 15) is 14.4 Å². The predicted octanol–water partition coefficient (Wildman–Crippen LogP) is 2.93. The van der Waals surface area contributed by atoms with Gasteiger partial charge in [0.1, 0.15) is 11.8 Å². The molecule has 4 fully saturated rings. The monoisotopic (exact) mass is 478 g/mol. The molecule has 5 atom stereocenters. The maximum atomic E-state index is 13.6. The molecule has 0 saturated carbocycles. The Morgan fingerprint density at radius 2 is 1.94 bits per heavy atom. The number of ether oxygens (including phenoxy) is 1. The Morgan fingerprint density at radius 1 is 1.11 bits per heavy atom. The first-order valence-corrected chi connectivity index (χ1v) is 13.1. The highest BCUT2D eigenvalue weighted by Crippen LogP contribution is 2.45. The van der Waals surface area contributed by atoms with Crippen LogP contribution < -0.4 is 15.0 Å². The first-order chi connectivity index (χ1) is 17.0. The summed E-state index contributed by atoms with van der Waals surface area (Å²) in [7, 11) is 1.57. The molecule has 35 heavy (non-hydrogen) atoms. The number of nitrogens with one attached hydrogen (secondary N) is 1. The lowest BCUT2D eigenvalue weighted by Gasteiger charge is -2.54. The number of hydrogen-bond acceptors (Lipinski definition) is 5. The standard InChI is InChI=1S/C27H34N4O4/c1-35-21-9-7-20(8-10-21)31-26(33)22(28-27(31)34)15-24(32)30-12-4-5-17-13-18-14-19(25(17)30)16-29-11-3-2-6-23(18)29/h7-10,13,18-19,22-23,25H,2-6,11-12,14-16H2,1H3,(H,28,34)/t18-,19-,22+,23+,25+/m0/s1. The number of carbonyl (C=O) groups is 3. The molecule has 2 bridgehead atoms. The van der Waals surface area contributed by atoms with E-state index >= 15 is 0 Å². The van der Waals surface area contributed by atoms with Gasteiger partial charge in [0.05, 0.1) is 25.3 Å². The van der Waals surface area contributed by atoms with Crippen molar-refractivity contribution < 1.29 is 19.1 Å². The summed E-state index contributed by atoms with van der Waals surface area (Å²) in [6.45, 7) is 2.96. The topological polar surface area (TPSA) is 82.2 Å². The first-order valence-electron chi connectivity index (χ1n) is 13.1. The van der Waals surface area contributed by atoms with Crippen LogP contribution in [0.1, 0.15) is 44.9 Å². The summed E-state index contributed by atoms with van der Waals surface area (Å²) in [5.41, 5.74) is 1.90. The average molecular weight is 479 g/mol. The van der Waals surface area contributed by atoms with Crippen molar-refractivity contribution in [2.45, 2.75) is 63.1 Å². The molecular formula is C27H34N4O4. The van der Waals surface area contributed by atoms with E-state index in [-0.39, 0.29) is 24.3 Å². The van der Waals surface area contributed by atoms with Crippen molar-refractivity contribution in [1.29, 1.82) is 0 Å². The Hall–Kier alpha value is -2.87. The van der Waals surface area contributed by atoms with Gasteiger partial charge in [-0.1, -0.05) is 18.1 Å². The van der Waals surface area contributed by atoms with E-state index in [1.54, 1.807) is 31.4 Å². The Morgan fingerprint density at radius 3 is 2.74 bits per heavy atom. The number of urea groups is 1. The van der Waals surface area contributed by atoms with E-state index in [1.165, 1.54) is 31.4 Å². The molecule has 1 N–H and O–H groups in total. The number of amides is 4. The van der Waals surface area contributed by atoms with Crippen molar-refractivity contribution in [2.75, 3.05) is 31.6 Å². The minimum Gasteiger partial charge on any atom is -0.497 e. The van der Waals surface area contributed by atoms with Crippen LogP contribution in [-0.4, -0.2) is 72.5 Å². The number of carbonyl (C=O) groups excluding carboxylic acids is 3. The zero-order valence-corrected chi connectivity index (χ0v) is 20.3. The fourth-order valence-electron chi connectivity index (χ4n) is 7.19. The summed E-state index contributed by atoms with van der Waals surface area (Å²) in [5, 5.41) is 2.74. The van der Waals surface area contributed by atoms with Crippen molar-refractivity contribution in [2.24, 2.45) is 11.8 Å². The van der Waals surface area contributed by atoms with Crippen LogP contribution >= 0.6 is 0 Å². The minimum absolute atomic E-state index is 0.00347. The lowest BCUT2D eigenvalue weighted by atomic mass is 9.68. The van der Waals surface area contributed by atoms with Crippen LogP contribution in [0.5, 0.6) is 5.75 Å². The van der Waals surface area contributed by atoms with Gasteiger partial charge >= 0.3 is 6.03 Å². The molecule has 0 unspecified atom stereocenters. The van der Waals surface area contributed by atoms with Crippen LogP contribution in [-0.2, 0) is 9.59 Å². The lowest BCUT2D eigenvalue weighted by molar-refractivity contribution is -0.138. The van der Waals surface area contributed by atoms with Gasteiger partial charge in [0.25, 0.3) is 5.91 Å². The van der Waals surface area contributed by atoms with Gasteiger partial charge in [-0.15, -0.1) is 0 Å². The summed E-state index contributed by atoms with van der Waals surface area (Å²) >= 11 is 0. The third kappa shape index (κ3) is 3.92. The molecule has 6 rings (SSSR count). The number of likely N-dealkylation sites (tertiary alicyclic amines) is 1. The summed E-state index contributed by atoms with van der Waals surface area (Å²) in [4.78, 5) is 45.2. The SMILES string of the molecule is COc1ccc(N2C(=O)N[C@H](CC(=O)N3CCCC4=C[C@H]5C[C@@H](CN6CCCC[C@H]56)[C@@H]43)C2=O)cc1. The van der Waals surface area contributed by atoms with Gasteiger partial charge in [-0.2, -0.15) is 0 Å². The molecule has 0 aromatic heterocycles. The van der Waals surface area contributed by atoms with Crippen molar-refractivity contribution in [3.63, 3.8) is 0 Å². The molecule has 1 aromatic rings. The molecule has 0 spiro atoms. The highest BCUT2D eigenvalue weighted by atomic mass is 16.5. The van der Waals surface area contributed by atoms with Crippen LogP contribution in [0.2, 0.25) is 0 Å². The highest BCUT2D eigenvalue weighted by Gasteiger charge is 2.48. The van der Waals surface area contributed by atoms with Gasteiger partial charge in [-0.3, -0.25) is 14.5 Å². The molecule has 186 valence electrons. The largest absolute Gasteiger partial charge is 0.497 e. The second-order valence-electron chi connectivity index (χ2n) is 10.7. The molecule has 0 radical (unpaired) electrons. The van der Waals surface area contributed by atoms with Gasteiger partial charge in [0, 0.05) is 19.1 Å². The molecule has 8 heteroatoms. The number of anilines is 1. The third-order valence-corrected chi connectivity index (χ3v) is 8.71. The van der Waals surface area contributed by atoms with Crippen LogP contribution in [0, 0.1) is 11.8 Å². The fourth-order valence-corrected chi connectivity index (χ4v) is 7.19. The molecule has 4 aliphatic heterocycles. The number of rotatable bonds is 4. The molecule has 5 aliphatic rings. The van der Waals surface area contributed by atoms with E-state index in [0.29, 0.717) is 29.3 Å². The van der Waals surface area contributed by atoms with Crippen LogP contribution in [0.15, 0.2) is 35.9 Å². The first kappa shape index (κ1) is 22.6. The van der Waals surface area contributed by atoms with Crippen molar-refractivity contribution in [1.82, 2.24) is 15.1 Å². The van der Waals surface area contributed by atoms with Crippen LogP contribution in [0.25, 0.3) is 0 Å². The van der Waals surface area contributed by atoms with E-state index in [0.717, 1.165) is 37.3 Å². The lowest BCUT2D eigenvalue weighted by Crippen LogP contribution is -2.60. The Balaban J connectivity index is 1.17. The fraction of sp³-hybridized carbons (Fsp3) is 0.593. The molecule has 1 aromatic carbocycles. The Bertz CT molecular complexity index is 1050. The number of nitrogens with zero attached hydrogens (tertiary/aromatic N) is 3. The van der Waals surface area contributed by atoms with Crippen LogP contribution in [0.4, 0.5) is 10.5 Å². The predicted molar refractivity (Wildman–Crippen MR) is 131 cm³/mol. The number of imide groups is 1. The number of benzene rings is 1. The molecule has 4 heterocycles. The number of hydrogen-bond donors (Lipinski definition) is 1. The van der Waals surface area contributed by atoms with Crippen LogP contribution in [0.3, 0.4) is 0 Å². The quantitative estimate of drug-likeness (QED) is 0.532. The van der Waals surface area contributed by atoms with E-state index < -0.39 is 12.1 Å². The van der Waals surface area contributed by atoms with E-state index in [2.05, 4.69) is 16.3 Å². The Kier molecular flexibility index (Phi) is 5.79. The minimum atomic E-state index is -0.833. The zero-order valence-electron chi connectivity index (χ0n) is 20.3. The second kappa shape index (κ2) is 8.97. The maximum absolute atomic E-state index is 13.6. The number of fused-ring (bicyclic) bond motifs is 6. The van der Waals surface area contributed by atoms with Gasteiger partial charge < -0.3 is 15.0 Å². The summed E-state index contributed by atoms with van der Waals surface area (Å²) in [6.07, 6.45) is 9.58. The maximum Gasteiger partial charge on any atom is 0.329 e. The van der Waals surface area contributed by atoms with Crippen molar-refractivity contribution in [3.05, 3.63) is 35.9 Å². The van der Waals surface area contributed by atoms with Crippen molar-refractivity contribution >= 4 is 23.5 Å². The van der Waals surface area contributed by atoms with Crippen molar-refractivity contribution in [3.8, 4) is 5.75 Å². The van der Waals surface area contributed by atoms with E-state index in [4.69, 9.17) is 4.74 Å². The summed E-state index contributed by atoms with van der Waals surface area (Å²) in [6, 6.07) is 6.28. The third-order valence-electron chi connectivity index (χ3n) is 8.71. The summed E-state index contributed by atoms with van der Waals surface area (Å²) < 4.78 is 5.17.